The van der Waals surface area contributed by atoms with Gasteiger partial charge in [0.05, 0.1) is 26.8 Å². The number of hydrogen-bond acceptors (Lipinski definition) is 0. The van der Waals surface area contributed by atoms with Crippen molar-refractivity contribution in [3.8, 4) is 0 Å². The van der Waals surface area contributed by atoms with E-state index in [4.69, 9.17) is 0 Å². The van der Waals surface area contributed by atoms with Crippen LogP contribution in [0.2, 0.25) is 0 Å². The van der Waals surface area contributed by atoms with E-state index in [0.717, 1.165) is 6.54 Å². The topological polar surface area (TPSA) is 17.6 Å². The Labute approximate surface area is 122 Å². The normalized spacial score (nSPS) is 9.85. The van der Waals surface area contributed by atoms with Crippen molar-refractivity contribution in [3.63, 3.8) is 0 Å². The fourth-order valence-electron chi connectivity index (χ4n) is 1.82. The summed E-state index contributed by atoms with van der Waals surface area (Å²) in [6.45, 7) is 7.53. The number of aryl methyl sites for hydroxylation is 3. The molecular formula is C16H28N4+2. The van der Waals surface area contributed by atoms with Crippen molar-refractivity contribution in [1.29, 1.82) is 0 Å². The van der Waals surface area contributed by atoms with Crippen molar-refractivity contribution < 1.29 is 9.13 Å². The molecule has 4 heteroatoms. The molecule has 110 valence electrons. The molecule has 0 aliphatic heterocycles. The molecule has 2 aromatic heterocycles. The summed E-state index contributed by atoms with van der Waals surface area (Å²) in [4.78, 5) is 0. The Hall–Kier alpha value is -1.84. The smallest absolute Gasteiger partial charge is 0.240 e. The van der Waals surface area contributed by atoms with E-state index in [1.165, 1.54) is 18.4 Å². The first-order valence-corrected chi connectivity index (χ1v) is 7.20. The predicted octanol–water partition coefficient (Wildman–Crippen LogP) is 2.31. The standard InChI is InChI=1S/C8H13N2.C8H15N2/c1-8(2)6-10-5-4-9(3)7-10;1-3-4-5-10-7-6-9(2)8-10/h4-7H,1-3H3;6-8H,3-5H2,1-2H3/q2*+1. The van der Waals surface area contributed by atoms with Crippen LogP contribution >= 0.6 is 0 Å². The molecule has 4 nitrogen and oxygen atoms in total. The van der Waals surface area contributed by atoms with Crippen LogP contribution < -0.4 is 9.13 Å². The summed E-state index contributed by atoms with van der Waals surface area (Å²) < 4.78 is 8.33. The Bertz CT molecular complexity index is 530. The second-order valence-electron chi connectivity index (χ2n) is 5.40. The van der Waals surface area contributed by atoms with Gasteiger partial charge in [-0.2, -0.15) is 0 Å². The summed E-state index contributed by atoms with van der Waals surface area (Å²) in [5, 5.41) is 0. The zero-order chi connectivity index (χ0) is 15.0. The number of rotatable bonds is 4. The lowest BCUT2D eigenvalue weighted by molar-refractivity contribution is -0.671. The lowest BCUT2D eigenvalue weighted by Gasteiger charge is -1.90. The van der Waals surface area contributed by atoms with Gasteiger partial charge in [-0.3, -0.25) is 0 Å². The van der Waals surface area contributed by atoms with Crippen molar-refractivity contribution in [1.82, 2.24) is 9.13 Å². The van der Waals surface area contributed by atoms with E-state index >= 15 is 0 Å². The maximum atomic E-state index is 2.21. The van der Waals surface area contributed by atoms with Crippen LogP contribution in [-0.4, -0.2) is 9.13 Å². The van der Waals surface area contributed by atoms with Gasteiger partial charge in [0.25, 0.3) is 0 Å². The number of aromatic nitrogens is 4. The molecule has 0 amide bonds. The molecule has 0 aliphatic rings. The van der Waals surface area contributed by atoms with Crippen LogP contribution in [0.15, 0.2) is 43.0 Å². The van der Waals surface area contributed by atoms with E-state index < -0.39 is 0 Å². The van der Waals surface area contributed by atoms with Crippen LogP contribution in [0.5, 0.6) is 0 Å². The van der Waals surface area contributed by atoms with Crippen molar-refractivity contribution in [2.45, 2.75) is 40.2 Å². The van der Waals surface area contributed by atoms with Crippen molar-refractivity contribution >= 4 is 6.20 Å². The lowest BCUT2D eigenvalue weighted by Crippen LogP contribution is -2.23. The zero-order valence-electron chi connectivity index (χ0n) is 13.5. The molecular weight excluding hydrogens is 248 g/mol. The van der Waals surface area contributed by atoms with Crippen LogP contribution in [0.3, 0.4) is 0 Å². The molecule has 0 atom stereocenters. The third-order valence-corrected chi connectivity index (χ3v) is 2.79. The molecule has 20 heavy (non-hydrogen) atoms. The summed E-state index contributed by atoms with van der Waals surface area (Å²) in [5.41, 5.74) is 1.30. The van der Waals surface area contributed by atoms with E-state index in [1.807, 2.05) is 42.0 Å². The van der Waals surface area contributed by atoms with E-state index in [2.05, 4.69) is 54.8 Å². The molecule has 2 rings (SSSR count). The molecule has 2 heterocycles. The number of nitrogens with zero attached hydrogens (tertiary/aromatic N) is 4. The van der Waals surface area contributed by atoms with Gasteiger partial charge in [0, 0.05) is 0 Å². The number of unbranched alkanes of at least 4 members (excludes halogenated alkanes) is 1. The average molecular weight is 276 g/mol. The summed E-state index contributed by atoms with van der Waals surface area (Å²) in [7, 11) is 4.05. The molecule has 0 spiro atoms. The molecule has 0 N–H and O–H groups in total. The minimum absolute atomic E-state index is 1.15. The highest BCUT2D eigenvalue weighted by molar-refractivity contribution is 5.13. The Morgan fingerprint density at radius 1 is 1.15 bits per heavy atom. The minimum atomic E-state index is 1.15. The molecule has 0 bridgehead atoms. The summed E-state index contributed by atoms with van der Waals surface area (Å²) in [6, 6.07) is 0. The van der Waals surface area contributed by atoms with Crippen molar-refractivity contribution in [2.75, 3.05) is 0 Å². The fourth-order valence-corrected chi connectivity index (χ4v) is 1.82. The van der Waals surface area contributed by atoms with E-state index in [9.17, 15) is 0 Å². The monoisotopic (exact) mass is 276 g/mol. The fraction of sp³-hybridized carbons (Fsp3) is 0.500. The second-order valence-corrected chi connectivity index (χ2v) is 5.40. The Kier molecular flexibility index (Phi) is 6.77. The largest absolute Gasteiger partial charge is 0.248 e. The Balaban J connectivity index is 0.000000200. The first kappa shape index (κ1) is 16.2. The van der Waals surface area contributed by atoms with Crippen LogP contribution in [0.4, 0.5) is 0 Å². The van der Waals surface area contributed by atoms with Gasteiger partial charge in [0.1, 0.15) is 24.8 Å². The summed E-state index contributed by atoms with van der Waals surface area (Å²) in [5.74, 6) is 0. The SMILES string of the molecule is CC(C)=C[n+]1ccn(C)c1.CCCCn1cc[n+](C)c1. The highest BCUT2D eigenvalue weighted by Crippen LogP contribution is 1.91. The van der Waals surface area contributed by atoms with Gasteiger partial charge in [0.2, 0.25) is 12.7 Å². The molecule has 0 saturated carbocycles. The molecule has 2 aromatic rings. The first-order chi connectivity index (χ1) is 9.51. The maximum Gasteiger partial charge on any atom is 0.248 e. The summed E-state index contributed by atoms with van der Waals surface area (Å²) in [6.07, 6.45) is 17.0. The zero-order valence-corrected chi connectivity index (χ0v) is 13.5. The Morgan fingerprint density at radius 3 is 2.35 bits per heavy atom. The van der Waals surface area contributed by atoms with Crippen LogP contribution in [-0.2, 0) is 20.6 Å². The van der Waals surface area contributed by atoms with Crippen LogP contribution in [0.25, 0.3) is 6.20 Å². The van der Waals surface area contributed by atoms with Gasteiger partial charge < -0.3 is 0 Å². The summed E-state index contributed by atoms with van der Waals surface area (Å²) >= 11 is 0. The van der Waals surface area contributed by atoms with Gasteiger partial charge >= 0.3 is 0 Å². The number of imidazole rings is 2. The number of allylic oxidation sites excluding steroid dienone is 1. The van der Waals surface area contributed by atoms with Crippen LogP contribution in [0, 0.1) is 0 Å². The predicted molar refractivity (Wildman–Crippen MR) is 81.7 cm³/mol. The van der Waals surface area contributed by atoms with Crippen LogP contribution in [0.1, 0.15) is 33.6 Å². The van der Waals surface area contributed by atoms with Gasteiger partial charge in [0.15, 0.2) is 0 Å². The quantitative estimate of drug-likeness (QED) is 0.763. The third-order valence-electron chi connectivity index (χ3n) is 2.79. The van der Waals surface area contributed by atoms with Gasteiger partial charge in [-0.1, -0.05) is 13.3 Å². The molecule has 0 fully saturated rings. The molecule has 0 saturated heterocycles. The van der Waals surface area contributed by atoms with Crippen molar-refractivity contribution in [2.24, 2.45) is 14.1 Å². The number of hydrogen-bond donors (Lipinski definition) is 0. The van der Waals surface area contributed by atoms with Gasteiger partial charge in [-0.25, -0.2) is 18.3 Å². The highest BCUT2D eigenvalue weighted by Gasteiger charge is 1.96. The molecule has 0 unspecified atom stereocenters. The average Bonchev–Trinajstić information content (AvgIpc) is 2.96. The minimum Gasteiger partial charge on any atom is -0.240 e. The third kappa shape index (κ3) is 6.36. The van der Waals surface area contributed by atoms with E-state index in [-0.39, 0.29) is 0 Å². The van der Waals surface area contributed by atoms with Gasteiger partial charge in [-0.05, 0) is 25.8 Å². The van der Waals surface area contributed by atoms with Crippen molar-refractivity contribution in [3.05, 3.63) is 43.0 Å². The Morgan fingerprint density at radius 2 is 1.90 bits per heavy atom. The maximum absolute atomic E-state index is 2.21. The van der Waals surface area contributed by atoms with E-state index in [0.29, 0.717) is 0 Å². The molecule has 0 aromatic carbocycles. The van der Waals surface area contributed by atoms with E-state index in [1.54, 1.807) is 0 Å². The molecule has 0 aliphatic carbocycles. The second kappa shape index (κ2) is 8.35. The highest BCUT2D eigenvalue weighted by atomic mass is 15.1. The first-order valence-electron chi connectivity index (χ1n) is 7.20. The lowest BCUT2D eigenvalue weighted by atomic mass is 10.3. The molecule has 0 radical (unpaired) electrons. The van der Waals surface area contributed by atoms with Gasteiger partial charge in [-0.15, -0.1) is 0 Å².